The van der Waals surface area contributed by atoms with Crippen LogP contribution in [0.1, 0.15) is 59.8 Å². The lowest BCUT2D eigenvalue weighted by Crippen LogP contribution is -2.52. The highest BCUT2D eigenvalue weighted by Gasteiger charge is 2.29. The van der Waals surface area contributed by atoms with E-state index in [1.807, 2.05) is 0 Å². The third-order valence-corrected chi connectivity index (χ3v) is 4.02. The molecular formula is C15H32N2. The minimum Gasteiger partial charge on any atom is -0.315 e. The Morgan fingerprint density at radius 2 is 1.71 bits per heavy atom. The minimum absolute atomic E-state index is 0.663. The van der Waals surface area contributed by atoms with Crippen molar-refractivity contribution < 1.29 is 0 Å². The summed E-state index contributed by atoms with van der Waals surface area (Å²) in [6.45, 7) is 10.6. The fourth-order valence-corrected chi connectivity index (χ4v) is 3.17. The van der Waals surface area contributed by atoms with Gasteiger partial charge in [0.15, 0.2) is 0 Å². The Balaban J connectivity index is 2.73. The van der Waals surface area contributed by atoms with Crippen LogP contribution in [0, 0.1) is 5.92 Å². The highest BCUT2D eigenvalue weighted by molar-refractivity contribution is 4.87. The molecule has 17 heavy (non-hydrogen) atoms. The summed E-state index contributed by atoms with van der Waals surface area (Å²) in [6.07, 6.45) is 6.95. The van der Waals surface area contributed by atoms with Crippen LogP contribution in [0.5, 0.6) is 0 Å². The zero-order valence-electron chi connectivity index (χ0n) is 12.5. The van der Waals surface area contributed by atoms with E-state index in [-0.39, 0.29) is 0 Å². The predicted octanol–water partition coefficient (Wildman–Crippen LogP) is 3.27. The lowest BCUT2D eigenvalue weighted by molar-refractivity contribution is 0.102. The summed E-state index contributed by atoms with van der Waals surface area (Å²) in [7, 11) is 2.14. The lowest BCUT2D eigenvalue weighted by Gasteiger charge is -2.40. The van der Waals surface area contributed by atoms with Crippen LogP contribution in [0.2, 0.25) is 0 Å². The van der Waals surface area contributed by atoms with Gasteiger partial charge in [-0.2, -0.15) is 0 Å². The van der Waals surface area contributed by atoms with Gasteiger partial charge in [0.25, 0.3) is 0 Å². The van der Waals surface area contributed by atoms with Gasteiger partial charge in [0.1, 0.15) is 0 Å². The largest absolute Gasteiger partial charge is 0.315 e. The van der Waals surface area contributed by atoms with Crippen molar-refractivity contribution in [1.82, 2.24) is 10.2 Å². The second kappa shape index (κ2) is 7.38. The summed E-state index contributed by atoms with van der Waals surface area (Å²) in [5.74, 6) is 0.762. The van der Waals surface area contributed by atoms with E-state index in [4.69, 9.17) is 0 Å². The smallest absolute Gasteiger partial charge is 0.0252 e. The van der Waals surface area contributed by atoms with E-state index in [2.05, 4.69) is 45.0 Å². The van der Waals surface area contributed by atoms with Crippen LogP contribution in [0.15, 0.2) is 0 Å². The maximum atomic E-state index is 3.56. The second-order valence-corrected chi connectivity index (χ2v) is 6.28. The summed E-state index contributed by atoms with van der Waals surface area (Å²) in [6, 6.07) is 2.10. The van der Waals surface area contributed by atoms with Crippen LogP contribution in [0.3, 0.4) is 0 Å². The van der Waals surface area contributed by atoms with Gasteiger partial charge in [0, 0.05) is 24.7 Å². The Morgan fingerprint density at radius 3 is 2.24 bits per heavy atom. The van der Waals surface area contributed by atoms with Crippen LogP contribution in [-0.4, -0.2) is 36.6 Å². The molecule has 0 spiro atoms. The monoisotopic (exact) mass is 240 g/mol. The van der Waals surface area contributed by atoms with Crippen LogP contribution >= 0.6 is 0 Å². The predicted molar refractivity (Wildman–Crippen MR) is 76.4 cm³/mol. The fraction of sp³-hybridized carbons (Fsp3) is 1.00. The van der Waals surface area contributed by atoms with Crippen LogP contribution < -0.4 is 5.32 Å². The van der Waals surface area contributed by atoms with Crippen molar-refractivity contribution in [3.05, 3.63) is 0 Å². The zero-order valence-corrected chi connectivity index (χ0v) is 12.5. The van der Waals surface area contributed by atoms with Crippen LogP contribution in [0.25, 0.3) is 0 Å². The Hall–Kier alpha value is -0.0800. The lowest BCUT2D eigenvalue weighted by atomic mass is 9.98. The number of hydrogen-bond donors (Lipinski definition) is 1. The first kappa shape index (κ1) is 15.0. The van der Waals surface area contributed by atoms with Crippen LogP contribution in [0.4, 0.5) is 0 Å². The van der Waals surface area contributed by atoms with Crippen molar-refractivity contribution in [2.75, 3.05) is 13.6 Å². The van der Waals surface area contributed by atoms with E-state index >= 15 is 0 Å². The van der Waals surface area contributed by atoms with Gasteiger partial charge in [0.05, 0.1) is 0 Å². The SMILES string of the molecule is CNC1CCCCCC1N(CC(C)C)C(C)C. The Labute approximate surface area is 108 Å². The molecule has 102 valence electrons. The van der Waals surface area contributed by atoms with Gasteiger partial charge in [-0.05, 0) is 39.7 Å². The van der Waals surface area contributed by atoms with E-state index in [1.54, 1.807) is 0 Å². The first-order chi connectivity index (χ1) is 8.06. The van der Waals surface area contributed by atoms with Crippen molar-refractivity contribution in [3.63, 3.8) is 0 Å². The van der Waals surface area contributed by atoms with Crippen molar-refractivity contribution in [2.45, 2.75) is 77.9 Å². The maximum Gasteiger partial charge on any atom is 0.0252 e. The zero-order chi connectivity index (χ0) is 12.8. The van der Waals surface area contributed by atoms with Gasteiger partial charge < -0.3 is 5.32 Å². The van der Waals surface area contributed by atoms with Crippen molar-refractivity contribution in [2.24, 2.45) is 5.92 Å². The Morgan fingerprint density at radius 1 is 1.06 bits per heavy atom. The standard InChI is InChI=1S/C15H32N2/c1-12(2)11-17(13(3)4)15-10-8-6-7-9-14(15)16-5/h12-16H,6-11H2,1-5H3. The maximum absolute atomic E-state index is 3.56. The van der Waals surface area contributed by atoms with E-state index in [1.165, 1.54) is 38.6 Å². The molecule has 0 heterocycles. The summed E-state index contributed by atoms with van der Waals surface area (Å²) in [4.78, 5) is 2.73. The third kappa shape index (κ3) is 4.59. The topological polar surface area (TPSA) is 15.3 Å². The van der Waals surface area contributed by atoms with E-state index in [0.29, 0.717) is 12.1 Å². The number of nitrogens with zero attached hydrogens (tertiary/aromatic N) is 1. The average Bonchev–Trinajstić information content (AvgIpc) is 2.49. The molecule has 1 aliphatic rings. The molecule has 0 saturated heterocycles. The minimum atomic E-state index is 0.663. The second-order valence-electron chi connectivity index (χ2n) is 6.28. The van der Waals surface area contributed by atoms with E-state index in [0.717, 1.165) is 12.0 Å². The van der Waals surface area contributed by atoms with Gasteiger partial charge in [-0.1, -0.05) is 33.1 Å². The molecule has 1 saturated carbocycles. The van der Waals surface area contributed by atoms with Gasteiger partial charge in [-0.15, -0.1) is 0 Å². The summed E-state index contributed by atoms with van der Waals surface area (Å²) < 4.78 is 0. The molecule has 2 unspecified atom stereocenters. The van der Waals surface area contributed by atoms with Gasteiger partial charge in [-0.25, -0.2) is 0 Å². The number of hydrogen-bond acceptors (Lipinski definition) is 2. The summed E-state index contributed by atoms with van der Waals surface area (Å²) in [5.41, 5.74) is 0. The average molecular weight is 240 g/mol. The molecule has 0 aromatic rings. The molecule has 2 heteroatoms. The van der Waals surface area contributed by atoms with Gasteiger partial charge in [-0.3, -0.25) is 4.90 Å². The molecule has 2 nitrogen and oxygen atoms in total. The quantitative estimate of drug-likeness (QED) is 0.742. The first-order valence-corrected chi connectivity index (χ1v) is 7.49. The third-order valence-electron chi connectivity index (χ3n) is 4.02. The number of rotatable bonds is 5. The highest BCUT2D eigenvalue weighted by Crippen LogP contribution is 2.24. The molecule has 0 amide bonds. The molecule has 0 aromatic heterocycles. The molecular weight excluding hydrogens is 208 g/mol. The number of nitrogens with one attached hydrogen (secondary N) is 1. The van der Waals surface area contributed by atoms with Crippen molar-refractivity contribution >= 4 is 0 Å². The number of likely N-dealkylation sites (N-methyl/N-ethyl adjacent to an activating group) is 1. The highest BCUT2D eigenvalue weighted by atomic mass is 15.2. The van der Waals surface area contributed by atoms with Crippen LogP contribution in [-0.2, 0) is 0 Å². The molecule has 0 radical (unpaired) electrons. The molecule has 1 fully saturated rings. The van der Waals surface area contributed by atoms with E-state index in [9.17, 15) is 0 Å². The van der Waals surface area contributed by atoms with Crippen molar-refractivity contribution in [3.8, 4) is 0 Å². The molecule has 0 bridgehead atoms. The molecule has 2 atom stereocenters. The molecule has 0 aromatic carbocycles. The molecule has 1 aliphatic carbocycles. The normalized spacial score (nSPS) is 26.8. The first-order valence-electron chi connectivity index (χ1n) is 7.49. The van der Waals surface area contributed by atoms with E-state index < -0.39 is 0 Å². The molecule has 1 rings (SSSR count). The Bertz CT molecular complexity index is 201. The van der Waals surface area contributed by atoms with Gasteiger partial charge >= 0.3 is 0 Å². The molecule has 1 N–H and O–H groups in total. The summed E-state index contributed by atoms with van der Waals surface area (Å²) >= 11 is 0. The fourth-order valence-electron chi connectivity index (χ4n) is 3.17. The summed E-state index contributed by atoms with van der Waals surface area (Å²) in [5, 5.41) is 3.56. The molecule has 0 aliphatic heterocycles. The van der Waals surface area contributed by atoms with Crippen molar-refractivity contribution in [1.29, 1.82) is 0 Å². The Kier molecular flexibility index (Phi) is 6.50. The van der Waals surface area contributed by atoms with Gasteiger partial charge in [0.2, 0.25) is 0 Å².